The van der Waals surface area contributed by atoms with Gasteiger partial charge in [0.1, 0.15) is 38.3 Å². The molecule has 0 aromatic carbocycles. The topological polar surface area (TPSA) is 114 Å². The Balaban J connectivity index is 1.83. The predicted octanol–water partition coefficient (Wildman–Crippen LogP) is 0.881. The maximum Gasteiger partial charge on any atom is 0.333 e. The van der Waals surface area contributed by atoms with Gasteiger partial charge in [-0.25, -0.2) is 9.59 Å². The standard InChI is InChI=1S/C20H24O9/c1-11(2)17(21)25-7-9-27-19(23)15-13-5-6-14(29-13)16(15)20(24)28-10-8-26-18(22)12(3)4/h5-6,13-16H,1,3,7-10H2,2,4H3/t13-,14+,15-,16+. The van der Waals surface area contributed by atoms with Crippen molar-refractivity contribution in [1.29, 1.82) is 0 Å². The second-order valence-corrected chi connectivity index (χ2v) is 6.67. The van der Waals surface area contributed by atoms with Gasteiger partial charge in [-0.2, -0.15) is 0 Å². The van der Waals surface area contributed by atoms with Gasteiger partial charge in [0.2, 0.25) is 0 Å². The normalized spacial score (nSPS) is 23.9. The molecule has 0 radical (unpaired) electrons. The van der Waals surface area contributed by atoms with Crippen molar-refractivity contribution >= 4 is 23.9 Å². The molecule has 2 rings (SSSR count). The van der Waals surface area contributed by atoms with E-state index >= 15 is 0 Å². The number of rotatable bonds is 10. The van der Waals surface area contributed by atoms with E-state index in [1.54, 1.807) is 12.2 Å². The second-order valence-electron chi connectivity index (χ2n) is 6.67. The maximum atomic E-state index is 12.4. The van der Waals surface area contributed by atoms with E-state index in [9.17, 15) is 19.2 Å². The largest absolute Gasteiger partial charge is 0.462 e. The first kappa shape index (κ1) is 22.4. The summed E-state index contributed by atoms with van der Waals surface area (Å²) in [5.41, 5.74) is 0.472. The van der Waals surface area contributed by atoms with Crippen LogP contribution in [0.4, 0.5) is 0 Å². The lowest BCUT2D eigenvalue weighted by molar-refractivity contribution is -0.162. The third kappa shape index (κ3) is 5.77. The zero-order chi connectivity index (χ0) is 21.6. The van der Waals surface area contributed by atoms with Crippen LogP contribution in [0.25, 0.3) is 0 Å². The third-order valence-electron chi connectivity index (χ3n) is 4.26. The van der Waals surface area contributed by atoms with Crippen LogP contribution < -0.4 is 0 Å². The summed E-state index contributed by atoms with van der Waals surface area (Å²) in [7, 11) is 0. The monoisotopic (exact) mass is 408 g/mol. The molecule has 2 aliphatic heterocycles. The fourth-order valence-corrected chi connectivity index (χ4v) is 2.86. The van der Waals surface area contributed by atoms with E-state index in [2.05, 4.69) is 13.2 Å². The van der Waals surface area contributed by atoms with Crippen molar-refractivity contribution in [3.8, 4) is 0 Å². The average molecular weight is 408 g/mol. The van der Waals surface area contributed by atoms with Gasteiger partial charge in [-0.1, -0.05) is 25.3 Å². The summed E-state index contributed by atoms with van der Waals surface area (Å²) in [4.78, 5) is 47.5. The summed E-state index contributed by atoms with van der Waals surface area (Å²) in [6.45, 7) is 9.33. The third-order valence-corrected chi connectivity index (χ3v) is 4.26. The van der Waals surface area contributed by atoms with Gasteiger partial charge in [0.05, 0.1) is 12.2 Å². The van der Waals surface area contributed by atoms with E-state index in [-0.39, 0.29) is 37.6 Å². The van der Waals surface area contributed by atoms with Crippen molar-refractivity contribution in [2.75, 3.05) is 26.4 Å². The molecule has 1 saturated heterocycles. The van der Waals surface area contributed by atoms with Crippen LogP contribution in [0.15, 0.2) is 36.5 Å². The zero-order valence-corrected chi connectivity index (χ0v) is 16.4. The fourth-order valence-electron chi connectivity index (χ4n) is 2.86. The quantitative estimate of drug-likeness (QED) is 0.171. The Bertz CT molecular complexity index is 676. The summed E-state index contributed by atoms with van der Waals surface area (Å²) in [6.07, 6.45) is 2.19. The molecule has 9 heteroatoms. The molecule has 0 spiro atoms. The van der Waals surface area contributed by atoms with Gasteiger partial charge < -0.3 is 23.7 Å². The molecule has 2 heterocycles. The van der Waals surface area contributed by atoms with Crippen molar-refractivity contribution in [1.82, 2.24) is 0 Å². The van der Waals surface area contributed by atoms with Crippen LogP contribution in [0.5, 0.6) is 0 Å². The number of carbonyl (C=O) groups excluding carboxylic acids is 4. The van der Waals surface area contributed by atoms with Gasteiger partial charge in [0.25, 0.3) is 0 Å². The molecule has 0 N–H and O–H groups in total. The number of esters is 4. The minimum Gasteiger partial charge on any atom is -0.462 e. The molecule has 2 bridgehead atoms. The Morgan fingerprint density at radius 3 is 1.41 bits per heavy atom. The molecule has 0 unspecified atom stereocenters. The Hall–Kier alpha value is -2.94. The van der Waals surface area contributed by atoms with E-state index in [0.29, 0.717) is 0 Å². The van der Waals surface area contributed by atoms with Gasteiger partial charge in [0, 0.05) is 11.1 Å². The summed E-state index contributed by atoms with van der Waals surface area (Å²) < 4.78 is 25.5. The highest BCUT2D eigenvalue weighted by molar-refractivity contribution is 5.87. The van der Waals surface area contributed by atoms with E-state index in [0.717, 1.165) is 0 Å². The van der Waals surface area contributed by atoms with Crippen LogP contribution >= 0.6 is 0 Å². The highest BCUT2D eigenvalue weighted by atomic mass is 16.6. The van der Waals surface area contributed by atoms with E-state index in [1.807, 2.05) is 0 Å². The minimum atomic E-state index is -0.868. The first-order valence-electron chi connectivity index (χ1n) is 9.04. The highest BCUT2D eigenvalue weighted by Crippen LogP contribution is 2.40. The summed E-state index contributed by atoms with van der Waals surface area (Å²) in [6, 6.07) is 0. The van der Waals surface area contributed by atoms with Gasteiger partial charge in [-0.05, 0) is 13.8 Å². The molecule has 0 saturated carbocycles. The van der Waals surface area contributed by atoms with Crippen LogP contribution in [0.1, 0.15) is 13.8 Å². The van der Waals surface area contributed by atoms with E-state index in [1.165, 1.54) is 13.8 Å². The number of carbonyl (C=O) groups is 4. The Kier molecular flexibility index (Phi) is 7.72. The molecule has 158 valence electrons. The van der Waals surface area contributed by atoms with Crippen LogP contribution in [-0.2, 0) is 42.9 Å². The van der Waals surface area contributed by atoms with Crippen molar-refractivity contribution in [3.63, 3.8) is 0 Å². The minimum absolute atomic E-state index is 0.127. The number of hydrogen-bond donors (Lipinski definition) is 0. The van der Waals surface area contributed by atoms with Crippen molar-refractivity contribution in [2.24, 2.45) is 11.8 Å². The van der Waals surface area contributed by atoms with Crippen LogP contribution in [0.2, 0.25) is 0 Å². The Labute approximate surface area is 168 Å². The molecule has 0 aromatic rings. The average Bonchev–Trinajstić information content (AvgIpc) is 3.29. The highest BCUT2D eigenvalue weighted by Gasteiger charge is 2.54. The molecule has 9 nitrogen and oxygen atoms in total. The van der Waals surface area contributed by atoms with Gasteiger partial charge in [-0.3, -0.25) is 9.59 Å². The predicted molar refractivity (Wildman–Crippen MR) is 98.2 cm³/mol. The van der Waals surface area contributed by atoms with Gasteiger partial charge in [-0.15, -0.1) is 0 Å². The first-order chi connectivity index (χ1) is 13.7. The van der Waals surface area contributed by atoms with E-state index < -0.39 is 47.9 Å². The molecular weight excluding hydrogens is 384 g/mol. The smallest absolute Gasteiger partial charge is 0.333 e. The fraction of sp³-hybridized carbons (Fsp3) is 0.500. The zero-order valence-electron chi connectivity index (χ0n) is 16.4. The maximum absolute atomic E-state index is 12.4. The van der Waals surface area contributed by atoms with Crippen LogP contribution in [0.3, 0.4) is 0 Å². The lowest BCUT2D eigenvalue weighted by atomic mass is 9.83. The SMILES string of the molecule is C=C(C)C(=O)OCCOC(=O)[C@@H]1[C@H](C(=O)OCCOC(=O)C(=C)C)[C@H]2C=C[C@@H]1O2. The lowest BCUT2D eigenvalue weighted by Gasteiger charge is -2.22. The molecule has 0 amide bonds. The molecule has 29 heavy (non-hydrogen) atoms. The molecule has 4 atom stereocenters. The van der Waals surface area contributed by atoms with Crippen molar-refractivity contribution in [3.05, 3.63) is 36.5 Å². The Morgan fingerprint density at radius 2 is 1.07 bits per heavy atom. The Morgan fingerprint density at radius 1 is 0.724 bits per heavy atom. The van der Waals surface area contributed by atoms with Gasteiger partial charge >= 0.3 is 23.9 Å². The lowest BCUT2D eigenvalue weighted by Crippen LogP contribution is -2.39. The molecule has 0 aromatic heterocycles. The van der Waals surface area contributed by atoms with Crippen LogP contribution in [-0.4, -0.2) is 62.5 Å². The van der Waals surface area contributed by atoms with Crippen molar-refractivity contribution < 1.29 is 42.9 Å². The molecule has 0 aliphatic carbocycles. The first-order valence-corrected chi connectivity index (χ1v) is 9.04. The molecular formula is C20H24O9. The second kappa shape index (κ2) is 10.0. The molecule has 1 fully saturated rings. The van der Waals surface area contributed by atoms with E-state index in [4.69, 9.17) is 23.7 Å². The van der Waals surface area contributed by atoms with Crippen molar-refractivity contribution in [2.45, 2.75) is 26.1 Å². The number of hydrogen-bond acceptors (Lipinski definition) is 9. The summed E-state index contributed by atoms with van der Waals surface area (Å²) in [5, 5.41) is 0. The summed E-state index contributed by atoms with van der Waals surface area (Å²) in [5.74, 6) is -4.20. The number of fused-ring (bicyclic) bond motifs is 2. The van der Waals surface area contributed by atoms with Crippen LogP contribution in [0, 0.1) is 11.8 Å². The number of ether oxygens (including phenoxy) is 5. The molecule has 2 aliphatic rings. The van der Waals surface area contributed by atoms with Gasteiger partial charge in [0.15, 0.2) is 0 Å². The summed E-state index contributed by atoms with van der Waals surface area (Å²) >= 11 is 0.